The first-order valence-electron chi connectivity index (χ1n) is 9.37. The van der Waals surface area contributed by atoms with Gasteiger partial charge in [0.2, 0.25) is 0 Å². The van der Waals surface area contributed by atoms with E-state index in [1.807, 2.05) is 42.3 Å². The van der Waals surface area contributed by atoms with Crippen LogP contribution in [-0.2, 0) is 0 Å². The molecule has 140 valence electrons. The van der Waals surface area contributed by atoms with Crippen LogP contribution in [0.25, 0.3) is 32.6 Å². The van der Waals surface area contributed by atoms with Gasteiger partial charge in [-0.2, -0.15) is 0 Å². The highest BCUT2D eigenvalue weighted by atomic mass is 32.1. The monoisotopic (exact) mass is 394 g/mol. The lowest BCUT2D eigenvalue weighted by Gasteiger charge is -2.22. The zero-order chi connectivity index (χ0) is 19.8. The molecular formula is C24H18N4S. The fourth-order valence-electron chi connectivity index (χ4n) is 3.60. The van der Waals surface area contributed by atoms with E-state index in [1.165, 1.54) is 10.8 Å². The van der Waals surface area contributed by atoms with Crippen LogP contribution in [0.15, 0.2) is 85.2 Å². The molecule has 2 heterocycles. The highest BCUT2D eigenvalue weighted by Crippen LogP contribution is 2.30. The molecule has 5 heteroatoms. The van der Waals surface area contributed by atoms with Crippen LogP contribution in [0.2, 0.25) is 0 Å². The van der Waals surface area contributed by atoms with Crippen molar-refractivity contribution in [2.24, 2.45) is 0 Å². The Labute approximate surface area is 173 Å². The standard InChI is InChI=1S/C24H18N4S/c1-28(18-11-10-16-6-2-3-7-17(16)14-18)24(29)27-22-15-21-19(8-4-12-25-21)20-9-5-13-26-23(20)22/h2-15H,1H3,(H,27,29). The summed E-state index contributed by atoms with van der Waals surface area (Å²) < 4.78 is 0. The molecule has 5 rings (SSSR count). The van der Waals surface area contributed by atoms with Gasteiger partial charge in [-0.15, -0.1) is 0 Å². The maximum atomic E-state index is 5.72. The van der Waals surface area contributed by atoms with E-state index < -0.39 is 0 Å². The first kappa shape index (κ1) is 17.5. The number of hydrogen-bond donors (Lipinski definition) is 1. The Balaban J connectivity index is 1.53. The number of aromatic nitrogens is 2. The van der Waals surface area contributed by atoms with E-state index in [1.54, 1.807) is 12.4 Å². The van der Waals surface area contributed by atoms with Crippen LogP contribution >= 0.6 is 12.2 Å². The van der Waals surface area contributed by atoms with Gasteiger partial charge in [0.05, 0.1) is 16.7 Å². The first-order chi connectivity index (χ1) is 14.2. The molecule has 0 aliphatic carbocycles. The number of nitrogens with zero attached hydrogens (tertiary/aromatic N) is 3. The zero-order valence-electron chi connectivity index (χ0n) is 15.8. The van der Waals surface area contributed by atoms with Crippen LogP contribution in [0, 0.1) is 0 Å². The van der Waals surface area contributed by atoms with E-state index in [0.29, 0.717) is 5.11 Å². The van der Waals surface area contributed by atoms with Crippen LogP contribution in [0.3, 0.4) is 0 Å². The van der Waals surface area contributed by atoms with Crippen molar-refractivity contribution in [3.05, 3.63) is 85.2 Å². The van der Waals surface area contributed by atoms with Crippen LogP contribution in [0.4, 0.5) is 11.4 Å². The summed E-state index contributed by atoms with van der Waals surface area (Å²) in [4.78, 5) is 11.1. The summed E-state index contributed by atoms with van der Waals surface area (Å²) in [6, 6.07) is 24.7. The number of fused-ring (bicyclic) bond motifs is 4. The smallest absolute Gasteiger partial charge is 0.177 e. The molecule has 0 aliphatic heterocycles. The summed E-state index contributed by atoms with van der Waals surface area (Å²) in [6.07, 6.45) is 3.60. The second-order valence-electron chi connectivity index (χ2n) is 6.91. The lowest BCUT2D eigenvalue weighted by atomic mass is 10.1. The van der Waals surface area contributed by atoms with Gasteiger partial charge < -0.3 is 10.2 Å². The Morgan fingerprint density at radius 2 is 1.59 bits per heavy atom. The Morgan fingerprint density at radius 3 is 2.45 bits per heavy atom. The molecule has 3 aromatic carbocycles. The third kappa shape index (κ3) is 3.15. The van der Waals surface area contributed by atoms with Crippen molar-refractivity contribution in [1.82, 2.24) is 9.97 Å². The van der Waals surface area contributed by atoms with Gasteiger partial charge in [-0.25, -0.2) is 0 Å². The molecule has 0 radical (unpaired) electrons. The van der Waals surface area contributed by atoms with Crippen LogP contribution in [-0.4, -0.2) is 22.1 Å². The number of benzene rings is 3. The molecule has 5 aromatic rings. The average molecular weight is 395 g/mol. The molecule has 0 fully saturated rings. The minimum absolute atomic E-state index is 0.600. The van der Waals surface area contributed by atoms with Crippen molar-refractivity contribution in [3.8, 4) is 0 Å². The molecule has 29 heavy (non-hydrogen) atoms. The van der Waals surface area contributed by atoms with Crippen molar-refractivity contribution in [3.63, 3.8) is 0 Å². The second kappa shape index (κ2) is 7.11. The van der Waals surface area contributed by atoms with E-state index in [-0.39, 0.29) is 0 Å². The quantitative estimate of drug-likeness (QED) is 0.304. The SMILES string of the molecule is CN(C(=S)Nc1cc2ncccc2c2cccnc12)c1ccc2ccccc2c1. The topological polar surface area (TPSA) is 41.0 Å². The maximum absolute atomic E-state index is 5.72. The highest BCUT2D eigenvalue weighted by Gasteiger charge is 2.13. The molecule has 0 atom stereocenters. The zero-order valence-corrected chi connectivity index (χ0v) is 16.6. The van der Waals surface area contributed by atoms with Gasteiger partial charge in [0, 0.05) is 35.9 Å². The van der Waals surface area contributed by atoms with E-state index in [9.17, 15) is 0 Å². The van der Waals surface area contributed by atoms with Gasteiger partial charge in [-0.3, -0.25) is 9.97 Å². The van der Waals surface area contributed by atoms with Crippen molar-refractivity contribution >= 4 is 61.3 Å². The predicted molar refractivity (Wildman–Crippen MR) is 126 cm³/mol. The van der Waals surface area contributed by atoms with Crippen molar-refractivity contribution in [2.75, 3.05) is 17.3 Å². The second-order valence-corrected chi connectivity index (χ2v) is 7.30. The molecule has 0 unspecified atom stereocenters. The summed E-state index contributed by atoms with van der Waals surface area (Å²) >= 11 is 5.72. The summed E-state index contributed by atoms with van der Waals surface area (Å²) in [5.41, 5.74) is 3.66. The number of anilines is 2. The van der Waals surface area contributed by atoms with Gasteiger partial charge in [0.1, 0.15) is 0 Å². The molecule has 0 bridgehead atoms. The minimum atomic E-state index is 0.600. The third-order valence-corrected chi connectivity index (χ3v) is 5.52. The fourth-order valence-corrected chi connectivity index (χ4v) is 3.81. The van der Waals surface area contributed by atoms with Crippen molar-refractivity contribution in [2.45, 2.75) is 0 Å². The maximum Gasteiger partial charge on any atom is 0.177 e. The molecule has 0 amide bonds. The predicted octanol–water partition coefficient (Wildman–Crippen LogP) is 5.77. The molecule has 0 saturated carbocycles. The normalized spacial score (nSPS) is 11.1. The Bertz CT molecular complexity index is 1380. The molecule has 4 nitrogen and oxygen atoms in total. The Hall–Kier alpha value is -3.57. The van der Waals surface area contributed by atoms with Crippen molar-refractivity contribution < 1.29 is 0 Å². The minimum Gasteiger partial charge on any atom is -0.330 e. The lowest BCUT2D eigenvalue weighted by molar-refractivity contribution is 1.28. The van der Waals surface area contributed by atoms with Crippen LogP contribution in [0.5, 0.6) is 0 Å². The van der Waals surface area contributed by atoms with Crippen molar-refractivity contribution in [1.29, 1.82) is 0 Å². The van der Waals surface area contributed by atoms with Gasteiger partial charge in [-0.1, -0.05) is 42.5 Å². The Kier molecular flexibility index (Phi) is 4.30. The summed E-state index contributed by atoms with van der Waals surface area (Å²) in [5.74, 6) is 0. The third-order valence-electron chi connectivity index (χ3n) is 5.14. The number of thiocarbonyl (C=S) groups is 1. The van der Waals surface area contributed by atoms with E-state index >= 15 is 0 Å². The number of pyridine rings is 2. The fraction of sp³-hybridized carbons (Fsp3) is 0.0417. The summed E-state index contributed by atoms with van der Waals surface area (Å²) in [7, 11) is 1.97. The van der Waals surface area contributed by atoms with E-state index in [0.717, 1.165) is 33.2 Å². The Morgan fingerprint density at radius 1 is 0.828 bits per heavy atom. The molecular weight excluding hydrogens is 376 g/mol. The van der Waals surface area contributed by atoms with Gasteiger partial charge in [0.25, 0.3) is 0 Å². The lowest BCUT2D eigenvalue weighted by Crippen LogP contribution is -2.31. The van der Waals surface area contributed by atoms with Crippen LogP contribution < -0.4 is 10.2 Å². The number of hydrogen-bond acceptors (Lipinski definition) is 3. The molecule has 0 aliphatic rings. The van der Waals surface area contributed by atoms with Gasteiger partial charge in [0.15, 0.2) is 5.11 Å². The molecule has 2 aromatic heterocycles. The number of nitrogens with one attached hydrogen (secondary N) is 1. The number of rotatable bonds is 2. The van der Waals surface area contributed by atoms with Crippen LogP contribution in [0.1, 0.15) is 0 Å². The van der Waals surface area contributed by atoms with E-state index in [2.05, 4.69) is 57.7 Å². The first-order valence-corrected chi connectivity index (χ1v) is 9.77. The van der Waals surface area contributed by atoms with Gasteiger partial charge >= 0.3 is 0 Å². The summed E-state index contributed by atoms with van der Waals surface area (Å²) in [5, 5.41) is 8.50. The molecule has 0 spiro atoms. The molecule has 1 N–H and O–H groups in total. The largest absolute Gasteiger partial charge is 0.330 e. The van der Waals surface area contributed by atoms with Gasteiger partial charge in [-0.05, 0) is 53.3 Å². The summed E-state index contributed by atoms with van der Waals surface area (Å²) in [6.45, 7) is 0. The molecule has 0 saturated heterocycles. The highest BCUT2D eigenvalue weighted by molar-refractivity contribution is 7.80. The van der Waals surface area contributed by atoms with E-state index in [4.69, 9.17) is 12.2 Å². The average Bonchev–Trinajstić information content (AvgIpc) is 2.78.